The maximum absolute atomic E-state index is 5.57. The van der Waals surface area contributed by atoms with Crippen LogP contribution in [0.3, 0.4) is 0 Å². The fourth-order valence-corrected chi connectivity index (χ4v) is 28.4. The summed E-state index contributed by atoms with van der Waals surface area (Å²) in [6, 6.07) is 153. The fraction of sp³-hybridized carbons (Fsp3) is 0.179. The highest BCUT2D eigenvalue weighted by Gasteiger charge is 2.50. The Balaban J connectivity index is 0.475. The van der Waals surface area contributed by atoms with E-state index in [-0.39, 0.29) is 0 Å². The van der Waals surface area contributed by atoms with Crippen LogP contribution < -0.4 is 0 Å². The first-order valence-electron chi connectivity index (χ1n) is 51.7. The lowest BCUT2D eigenvalue weighted by Gasteiger charge is -2.44. The molecule has 0 saturated heterocycles. The van der Waals surface area contributed by atoms with Crippen molar-refractivity contribution in [3.05, 3.63) is 470 Å². The van der Waals surface area contributed by atoms with Crippen molar-refractivity contribution >= 4 is 110 Å². The van der Waals surface area contributed by atoms with Gasteiger partial charge in [-0.15, -0.1) is 0 Å². The van der Waals surface area contributed by atoms with E-state index in [1.54, 1.807) is 11.1 Å². The van der Waals surface area contributed by atoms with E-state index in [0.29, 0.717) is 65.1 Å². The summed E-state index contributed by atoms with van der Waals surface area (Å²) in [7, 11) is 0. The molecule has 6 aliphatic carbocycles. The number of hydrogen-bond acceptors (Lipinski definition) is 3. The third-order valence-electron chi connectivity index (χ3n) is 34.4. The summed E-state index contributed by atoms with van der Waals surface area (Å²) in [4.78, 5) is 0. The quantitative estimate of drug-likeness (QED) is 0.0912. The Hall–Kier alpha value is -15.3. The van der Waals surface area contributed by atoms with Crippen molar-refractivity contribution in [2.45, 2.75) is 113 Å². The minimum Gasteiger partial charge on any atom is -0.309 e. The van der Waals surface area contributed by atoms with Gasteiger partial charge in [-0.05, 0) is 328 Å². The van der Waals surface area contributed by atoms with E-state index in [1.165, 1.54) is 269 Å². The molecule has 17 aromatic carbocycles. The van der Waals surface area contributed by atoms with Gasteiger partial charge in [-0.25, -0.2) is 0 Å². The van der Waals surface area contributed by atoms with Crippen LogP contribution in [0.4, 0.5) is 0 Å². The Morgan fingerprint density at radius 2 is 0.674 bits per heavy atom. The largest absolute Gasteiger partial charge is 0.309 e. The van der Waals surface area contributed by atoms with Gasteiger partial charge < -0.3 is 18.3 Å². The van der Waals surface area contributed by atoms with E-state index in [4.69, 9.17) is 8.75 Å². The van der Waals surface area contributed by atoms with Crippen molar-refractivity contribution in [2.75, 3.05) is 0 Å². The third-order valence-corrected chi connectivity index (χ3v) is 34.9. The van der Waals surface area contributed by atoms with E-state index in [1.807, 2.05) is 0 Å². The summed E-state index contributed by atoms with van der Waals surface area (Å²) in [6.45, 7) is 0. The van der Waals surface area contributed by atoms with Gasteiger partial charge in [0, 0.05) is 77.7 Å². The molecule has 9 atom stereocenters. The molecule has 2 fully saturated rings. The molecule has 5 heterocycles. The molecule has 7 heteroatoms. The predicted octanol–water partition coefficient (Wildman–Crippen LogP) is 35.7. The van der Waals surface area contributed by atoms with Gasteiger partial charge in [-0.3, -0.25) is 0 Å². The normalized spacial score (nSPS) is 20.4. The highest BCUT2D eigenvalue weighted by molar-refractivity contribution is 6.99. The zero-order valence-electron chi connectivity index (χ0n) is 79.1. The standard InChI is InChI=1S/C134H108N6S/c1-5-21-85(22-6-1)87-57-67-107(68-58-87)139-125-35-19-15-31-112(125)116-73-61-101(83-129(116)139)91-41-37-89(38-42-91)99-65-75-118-121(79-99)122-80-100(90-39-43-92(44-40-90)102-62-74-117-113-32-16-20-36-126(113)140(130(117)84-102)108-69-59-88(60-70-108)86-23-7-2-8-24-86)66-76-119(122)132(118)98-55-49-95(50-56-98)109-77-78-120(134-133(109)135-141-136-134)131(96-51-45-93(46-52-96)103-63-71-114-110-29-13-17-33-123(110)137(127(114)81-103)105-25-9-3-10-26-105)97-53-47-94(48-54-97)104-64-72-115-111-30-14-18-34-124(111)138(128(115)82-104)106-27-11-4-12-28-106/h1-47,51,57-65,67-75,79,81-84,95-98,100,109,119-120,122,131-132H,48-50,52-56,66,76-78,80H2. The number of benzene rings is 17. The number of hydrogen-bond donors (Lipinski definition) is 0. The molecule has 0 bridgehead atoms. The molecule has 680 valence electrons. The first kappa shape index (κ1) is 83.8. The SMILES string of the molecule is C1=CC(C(C2CC=C(c3ccc4c5ccccc5n(-c5ccccc5)c4c3)CC2)C2CCC(C3CCC(C4c5ccc(-c6ccc(-c7ccc8c9ccccc9n(-c9ccc(-c%10ccccc%10)cc9)c8c7)cc6)cc5C5CC(c6ccc(-c7ccc8c9ccccc9n(-c9ccc(-c%10ccccc%10)cc9)c8c7)cc6)CCC54)CC3)c3nsnc32)CC=C1c1ccc2c3ccccc3n(-c3ccccc3)c2c1. The van der Waals surface area contributed by atoms with Crippen LogP contribution in [-0.2, 0) is 0 Å². The van der Waals surface area contributed by atoms with E-state index < -0.39 is 0 Å². The molecule has 141 heavy (non-hydrogen) atoms. The first-order chi connectivity index (χ1) is 69.9. The smallest absolute Gasteiger partial charge is 0.0812 e. The van der Waals surface area contributed by atoms with Gasteiger partial charge in [0.2, 0.25) is 0 Å². The minimum absolute atomic E-state index is 0.338. The Morgan fingerprint density at radius 1 is 0.277 bits per heavy atom. The van der Waals surface area contributed by atoms with E-state index in [2.05, 4.69) is 449 Å². The van der Waals surface area contributed by atoms with E-state index >= 15 is 0 Å². The van der Waals surface area contributed by atoms with Gasteiger partial charge in [0.05, 0.1) is 67.2 Å². The second kappa shape index (κ2) is 34.9. The number of rotatable bonds is 17. The third kappa shape index (κ3) is 14.5. The maximum atomic E-state index is 5.57. The summed E-state index contributed by atoms with van der Waals surface area (Å²) in [5.74, 6) is 5.37. The van der Waals surface area contributed by atoms with Crippen LogP contribution in [0.25, 0.3) is 177 Å². The number of aromatic nitrogens is 6. The van der Waals surface area contributed by atoms with Crippen molar-refractivity contribution in [2.24, 2.45) is 35.5 Å². The number of fused-ring (bicyclic) bond motifs is 16. The van der Waals surface area contributed by atoms with Gasteiger partial charge in [0.1, 0.15) is 0 Å². The van der Waals surface area contributed by atoms with Crippen LogP contribution in [0.2, 0.25) is 0 Å². The Morgan fingerprint density at radius 3 is 1.17 bits per heavy atom. The number of nitrogens with zero attached hydrogens (tertiary/aromatic N) is 6. The van der Waals surface area contributed by atoms with Crippen molar-refractivity contribution in [3.8, 4) is 78.4 Å². The van der Waals surface area contributed by atoms with Crippen molar-refractivity contribution < 1.29 is 0 Å². The second-order valence-electron chi connectivity index (χ2n) is 41.4. The summed E-state index contributed by atoms with van der Waals surface area (Å²) in [5.41, 5.74) is 40.0. The molecule has 0 N–H and O–H groups in total. The van der Waals surface area contributed by atoms with Crippen LogP contribution in [0, 0.1) is 35.5 Å². The molecule has 2 saturated carbocycles. The van der Waals surface area contributed by atoms with Gasteiger partial charge in [0.25, 0.3) is 0 Å². The maximum Gasteiger partial charge on any atom is 0.0812 e. The molecule has 0 spiro atoms. The Bertz CT molecular complexity index is 8680. The Labute approximate surface area is 828 Å². The first-order valence-corrected chi connectivity index (χ1v) is 52.4. The monoisotopic (exact) mass is 1830 g/mol. The van der Waals surface area contributed by atoms with Crippen LogP contribution in [0.1, 0.15) is 152 Å². The molecule has 6 nitrogen and oxygen atoms in total. The van der Waals surface area contributed by atoms with Crippen LogP contribution in [0.5, 0.6) is 0 Å². The van der Waals surface area contributed by atoms with E-state index in [9.17, 15) is 0 Å². The predicted molar refractivity (Wildman–Crippen MR) is 590 cm³/mol. The van der Waals surface area contributed by atoms with Gasteiger partial charge in [-0.1, -0.05) is 334 Å². The number of allylic oxidation sites excluding steroid dienone is 6. The molecule has 28 rings (SSSR count). The van der Waals surface area contributed by atoms with Crippen molar-refractivity contribution in [3.63, 3.8) is 0 Å². The zero-order valence-corrected chi connectivity index (χ0v) is 79.9. The van der Waals surface area contributed by atoms with Crippen LogP contribution >= 0.6 is 11.7 Å². The summed E-state index contributed by atoms with van der Waals surface area (Å²) in [6.07, 6.45) is 25.7. The summed E-state index contributed by atoms with van der Waals surface area (Å²) in [5, 5.41) is 10.3. The highest BCUT2D eigenvalue weighted by Crippen LogP contribution is 2.63. The molecule has 22 aromatic rings. The van der Waals surface area contributed by atoms with Crippen molar-refractivity contribution in [1.29, 1.82) is 0 Å². The zero-order chi connectivity index (χ0) is 92.7. The summed E-state index contributed by atoms with van der Waals surface area (Å²) < 4.78 is 21.0. The molecule has 0 radical (unpaired) electrons. The minimum atomic E-state index is 0.338. The molecular weight excluding hydrogens is 1730 g/mol. The second-order valence-corrected chi connectivity index (χ2v) is 42.0. The average Bonchev–Trinajstić information content (AvgIpc) is 1.51. The highest BCUT2D eigenvalue weighted by atomic mass is 32.1. The van der Waals surface area contributed by atoms with E-state index in [0.717, 1.165) is 31.4 Å². The fourth-order valence-electron chi connectivity index (χ4n) is 27.7. The van der Waals surface area contributed by atoms with Gasteiger partial charge in [-0.2, -0.15) is 8.75 Å². The summed E-state index contributed by atoms with van der Waals surface area (Å²) >= 11 is 1.51. The molecule has 9 unspecified atom stereocenters. The molecular formula is C134H108N6S. The lowest BCUT2D eigenvalue weighted by Crippen LogP contribution is -2.35. The molecule has 0 amide bonds. The lowest BCUT2D eigenvalue weighted by molar-refractivity contribution is 0.146. The van der Waals surface area contributed by atoms with Gasteiger partial charge in [0.15, 0.2) is 0 Å². The lowest BCUT2D eigenvalue weighted by atomic mass is 9.60. The topological polar surface area (TPSA) is 45.5 Å². The molecule has 6 aliphatic rings. The van der Waals surface area contributed by atoms with Gasteiger partial charge >= 0.3 is 0 Å². The van der Waals surface area contributed by atoms with Crippen LogP contribution in [0.15, 0.2) is 431 Å². The molecule has 5 aromatic heterocycles. The van der Waals surface area contributed by atoms with Crippen LogP contribution in [-0.4, -0.2) is 27.0 Å². The average molecular weight is 1830 g/mol. The Kier molecular flexibility index (Phi) is 20.8. The van der Waals surface area contributed by atoms with Crippen molar-refractivity contribution in [1.82, 2.24) is 27.0 Å². The molecule has 0 aliphatic heterocycles. The number of para-hydroxylation sites is 6.